The standard InChI is InChI=1S/C11H14N2O3/c1-2-16-11(14)10(13-15)12-8-9-6-4-3-5-7-9/h3-7,15H,2,8H2,1H3,(H,12,13). The summed E-state index contributed by atoms with van der Waals surface area (Å²) in [6.07, 6.45) is 0. The minimum absolute atomic E-state index is 0.189. The molecule has 0 heterocycles. The van der Waals surface area contributed by atoms with E-state index in [1.807, 2.05) is 30.3 Å². The average molecular weight is 222 g/mol. The number of aliphatic imine (C=N–C) groups is 1. The van der Waals surface area contributed by atoms with Crippen molar-refractivity contribution >= 4 is 11.8 Å². The Morgan fingerprint density at radius 3 is 2.69 bits per heavy atom. The molecule has 0 fully saturated rings. The molecule has 0 spiro atoms. The fourth-order valence-electron chi connectivity index (χ4n) is 1.10. The summed E-state index contributed by atoms with van der Waals surface area (Å²) in [4.78, 5) is 15.1. The van der Waals surface area contributed by atoms with Crippen molar-refractivity contribution in [3.63, 3.8) is 0 Å². The molecular weight excluding hydrogens is 208 g/mol. The molecule has 2 N–H and O–H groups in total. The van der Waals surface area contributed by atoms with E-state index in [9.17, 15) is 4.79 Å². The number of rotatable bonds is 3. The number of hydrogen-bond donors (Lipinski definition) is 2. The Labute approximate surface area is 93.7 Å². The number of hydroxylamine groups is 1. The molecule has 0 saturated carbocycles. The van der Waals surface area contributed by atoms with Crippen LogP contribution in [0, 0.1) is 0 Å². The molecule has 0 atom stereocenters. The highest BCUT2D eigenvalue weighted by atomic mass is 16.5. The number of amidine groups is 1. The van der Waals surface area contributed by atoms with Gasteiger partial charge in [0.25, 0.3) is 0 Å². The predicted molar refractivity (Wildman–Crippen MR) is 59.1 cm³/mol. The van der Waals surface area contributed by atoms with Gasteiger partial charge in [0.1, 0.15) is 0 Å². The second kappa shape index (κ2) is 6.58. The first-order valence-electron chi connectivity index (χ1n) is 4.93. The van der Waals surface area contributed by atoms with Gasteiger partial charge in [-0.05, 0) is 12.5 Å². The molecule has 0 amide bonds. The van der Waals surface area contributed by atoms with E-state index in [2.05, 4.69) is 4.99 Å². The fourth-order valence-corrected chi connectivity index (χ4v) is 1.10. The number of carbonyl (C=O) groups excluding carboxylic acids is 1. The highest BCUT2D eigenvalue weighted by Gasteiger charge is 2.10. The van der Waals surface area contributed by atoms with Crippen molar-refractivity contribution in [3.8, 4) is 0 Å². The maximum Gasteiger partial charge on any atom is 0.375 e. The lowest BCUT2D eigenvalue weighted by atomic mass is 10.2. The van der Waals surface area contributed by atoms with Crippen molar-refractivity contribution < 1.29 is 14.7 Å². The second-order valence-corrected chi connectivity index (χ2v) is 2.98. The molecule has 0 aliphatic rings. The molecule has 0 radical (unpaired) electrons. The summed E-state index contributed by atoms with van der Waals surface area (Å²) in [5.74, 6) is -0.855. The van der Waals surface area contributed by atoms with Crippen LogP contribution in [0.3, 0.4) is 0 Å². The summed E-state index contributed by atoms with van der Waals surface area (Å²) < 4.78 is 4.69. The third-order valence-electron chi connectivity index (χ3n) is 1.84. The van der Waals surface area contributed by atoms with Gasteiger partial charge in [0.2, 0.25) is 5.84 Å². The van der Waals surface area contributed by atoms with E-state index in [-0.39, 0.29) is 12.4 Å². The smallest absolute Gasteiger partial charge is 0.375 e. The Bertz CT molecular complexity index is 363. The largest absolute Gasteiger partial charge is 0.460 e. The normalized spacial score (nSPS) is 11.0. The summed E-state index contributed by atoms with van der Waals surface area (Å²) >= 11 is 0. The zero-order chi connectivity index (χ0) is 11.8. The van der Waals surface area contributed by atoms with Crippen molar-refractivity contribution in [2.24, 2.45) is 4.99 Å². The highest BCUT2D eigenvalue weighted by Crippen LogP contribution is 2.00. The van der Waals surface area contributed by atoms with Gasteiger partial charge in [-0.25, -0.2) is 10.3 Å². The van der Waals surface area contributed by atoms with Gasteiger partial charge in [-0.1, -0.05) is 30.3 Å². The number of nitrogens with zero attached hydrogens (tertiary/aromatic N) is 1. The minimum atomic E-state index is -0.666. The maximum absolute atomic E-state index is 11.2. The third kappa shape index (κ3) is 3.70. The Hall–Kier alpha value is -1.88. The number of carbonyl (C=O) groups is 1. The number of esters is 1. The predicted octanol–water partition coefficient (Wildman–Crippen LogP) is 1.13. The molecule has 1 rings (SSSR count). The van der Waals surface area contributed by atoms with E-state index in [4.69, 9.17) is 9.94 Å². The first-order valence-corrected chi connectivity index (χ1v) is 4.93. The number of hydrogen-bond acceptors (Lipinski definition) is 4. The molecule has 1 aromatic rings. The van der Waals surface area contributed by atoms with Crippen LogP contribution in [-0.2, 0) is 16.1 Å². The van der Waals surface area contributed by atoms with Crippen LogP contribution in [0.4, 0.5) is 0 Å². The number of benzene rings is 1. The quantitative estimate of drug-likeness (QED) is 0.348. The minimum Gasteiger partial charge on any atom is -0.460 e. The summed E-state index contributed by atoms with van der Waals surface area (Å²) in [5.41, 5.74) is 2.68. The zero-order valence-electron chi connectivity index (χ0n) is 9.01. The van der Waals surface area contributed by atoms with Crippen LogP contribution >= 0.6 is 0 Å². The summed E-state index contributed by atoms with van der Waals surface area (Å²) in [7, 11) is 0. The van der Waals surface area contributed by atoms with Crippen LogP contribution in [0.1, 0.15) is 12.5 Å². The fraction of sp³-hybridized carbons (Fsp3) is 0.273. The monoisotopic (exact) mass is 222 g/mol. The molecule has 0 aliphatic heterocycles. The Kier molecular flexibility index (Phi) is 5.01. The SMILES string of the molecule is CCOC(=O)C(=NCc1ccccc1)NO. The summed E-state index contributed by atoms with van der Waals surface area (Å²) in [6.45, 7) is 2.23. The molecule has 1 aromatic carbocycles. The van der Waals surface area contributed by atoms with E-state index in [1.54, 1.807) is 12.4 Å². The molecule has 0 unspecified atom stereocenters. The first kappa shape index (κ1) is 12.2. The molecule has 5 heteroatoms. The van der Waals surface area contributed by atoms with E-state index < -0.39 is 5.97 Å². The van der Waals surface area contributed by atoms with Gasteiger partial charge in [-0.3, -0.25) is 10.2 Å². The zero-order valence-corrected chi connectivity index (χ0v) is 9.01. The van der Waals surface area contributed by atoms with Crippen LogP contribution in [0.25, 0.3) is 0 Å². The van der Waals surface area contributed by atoms with Gasteiger partial charge in [-0.2, -0.15) is 0 Å². The number of ether oxygens (including phenoxy) is 1. The van der Waals surface area contributed by atoms with Gasteiger partial charge in [-0.15, -0.1) is 0 Å². The second-order valence-electron chi connectivity index (χ2n) is 2.98. The molecule has 0 aromatic heterocycles. The lowest BCUT2D eigenvalue weighted by molar-refractivity contribution is -0.135. The Morgan fingerprint density at radius 1 is 1.44 bits per heavy atom. The summed E-state index contributed by atoms with van der Waals surface area (Å²) in [5, 5.41) is 8.72. The van der Waals surface area contributed by atoms with Gasteiger partial charge in [0.05, 0.1) is 13.2 Å². The van der Waals surface area contributed by atoms with Crippen LogP contribution in [0.5, 0.6) is 0 Å². The van der Waals surface area contributed by atoms with E-state index >= 15 is 0 Å². The van der Waals surface area contributed by atoms with Crippen LogP contribution < -0.4 is 5.48 Å². The van der Waals surface area contributed by atoms with Crippen LogP contribution in [0.2, 0.25) is 0 Å². The van der Waals surface area contributed by atoms with E-state index in [0.717, 1.165) is 5.56 Å². The van der Waals surface area contributed by atoms with Gasteiger partial charge in [0, 0.05) is 0 Å². The molecule has 0 bridgehead atoms. The lowest BCUT2D eigenvalue weighted by Gasteiger charge is -2.03. The molecular formula is C11H14N2O3. The van der Waals surface area contributed by atoms with Crippen molar-refractivity contribution in [1.29, 1.82) is 0 Å². The van der Waals surface area contributed by atoms with Crippen molar-refractivity contribution in [1.82, 2.24) is 5.48 Å². The van der Waals surface area contributed by atoms with Crippen LogP contribution in [-0.4, -0.2) is 23.6 Å². The van der Waals surface area contributed by atoms with Gasteiger partial charge >= 0.3 is 5.97 Å². The number of nitrogens with one attached hydrogen (secondary N) is 1. The topological polar surface area (TPSA) is 70.9 Å². The summed E-state index contributed by atoms with van der Waals surface area (Å²) in [6, 6.07) is 9.40. The molecule has 0 saturated heterocycles. The Balaban J connectivity index is 2.63. The first-order chi connectivity index (χ1) is 7.77. The molecule has 5 nitrogen and oxygen atoms in total. The highest BCUT2D eigenvalue weighted by molar-refractivity contribution is 6.34. The maximum atomic E-state index is 11.2. The van der Waals surface area contributed by atoms with E-state index in [1.165, 1.54) is 0 Å². The molecule has 16 heavy (non-hydrogen) atoms. The van der Waals surface area contributed by atoms with Crippen molar-refractivity contribution in [2.45, 2.75) is 13.5 Å². The van der Waals surface area contributed by atoms with Crippen molar-refractivity contribution in [2.75, 3.05) is 6.61 Å². The van der Waals surface area contributed by atoms with Gasteiger partial charge < -0.3 is 4.74 Å². The molecule has 0 aliphatic carbocycles. The average Bonchev–Trinajstić information content (AvgIpc) is 2.31. The third-order valence-corrected chi connectivity index (χ3v) is 1.84. The van der Waals surface area contributed by atoms with Gasteiger partial charge in [0.15, 0.2) is 0 Å². The lowest BCUT2D eigenvalue weighted by Crippen LogP contribution is -2.30. The van der Waals surface area contributed by atoms with Crippen molar-refractivity contribution in [3.05, 3.63) is 35.9 Å². The molecule has 86 valence electrons. The van der Waals surface area contributed by atoms with Crippen LogP contribution in [0.15, 0.2) is 35.3 Å². The van der Waals surface area contributed by atoms with E-state index in [0.29, 0.717) is 6.54 Å². The Morgan fingerprint density at radius 2 is 2.12 bits per heavy atom.